The van der Waals surface area contributed by atoms with Gasteiger partial charge in [-0.2, -0.15) is 0 Å². The number of carbonyl (C=O) groups is 1. The Kier molecular flexibility index (Phi) is 8.84. The number of rotatable bonds is 8. The Labute approximate surface area is 164 Å². The van der Waals surface area contributed by atoms with Crippen molar-refractivity contribution in [1.29, 1.82) is 0 Å². The lowest BCUT2D eigenvalue weighted by molar-refractivity contribution is -0.179. The van der Waals surface area contributed by atoms with Crippen LogP contribution < -0.4 is 0 Å². The maximum atomic E-state index is 13.2. The van der Waals surface area contributed by atoms with Gasteiger partial charge < -0.3 is 9.47 Å². The number of benzene rings is 1. The van der Waals surface area contributed by atoms with Crippen LogP contribution in [0.1, 0.15) is 51.5 Å². The van der Waals surface area contributed by atoms with E-state index < -0.39 is 5.60 Å². The van der Waals surface area contributed by atoms with E-state index >= 15 is 0 Å². The summed E-state index contributed by atoms with van der Waals surface area (Å²) in [5.41, 5.74) is -0.164. The molecule has 1 fully saturated rings. The van der Waals surface area contributed by atoms with E-state index in [1.165, 1.54) is 6.42 Å². The molecule has 1 saturated carbocycles. The summed E-state index contributed by atoms with van der Waals surface area (Å²) in [5.74, 6) is 5.88. The van der Waals surface area contributed by atoms with Crippen molar-refractivity contribution in [3.8, 4) is 11.8 Å². The van der Waals surface area contributed by atoms with Crippen LogP contribution in [0.2, 0.25) is 0 Å². The van der Waals surface area contributed by atoms with Gasteiger partial charge in [0, 0.05) is 13.0 Å². The van der Waals surface area contributed by atoms with Crippen LogP contribution in [0.4, 0.5) is 0 Å². The van der Waals surface area contributed by atoms with Crippen molar-refractivity contribution in [2.45, 2.75) is 51.6 Å². The minimum absolute atomic E-state index is 0.102. The van der Waals surface area contributed by atoms with Crippen molar-refractivity contribution in [2.75, 3.05) is 33.4 Å². The Bertz CT molecular complexity index is 624. The molecule has 0 aliphatic heterocycles. The first-order valence-electron chi connectivity index (χ1n) is 10.1. The molecule has 1 aliphatic rings. The zero-order valence-corrected chi connectivity index (χ0v) is 17.0. The van der Waals surface area contributed by atoms with Crippen molar-refractivity contribution >= 4 is 5.97 Å². The van der Waals surface area contributed by atoms with Gasteiger partial charge in [0.25, 0.3) is 0 Å². The number of hydrogen-bond acceptors (Lipinski definition) is 4. The molecule has 0 saturated heterocycles. The summed E-state index contributed by atoms with van der Waals surface area (Å²) < 4.78 is 11.5. The highest BCUT2D eigenvalue weighted by molar-refractivity contribution is 5.82. The summed E-state index contributed by atoms with van der Waals surface area (Å²) >= 11 is 0. The number of hydrogen-bond donors (Lipinski definition) is 0. The molecule has 0 heterocycles. The van der Waals surface area contributed by atoms with Crippen LogP contribution in [0.5, 0.6) is 0 Å². The molecule has 4 nitrogen and oxygen atoms in total. The number of esters is 1. The zero-order chi connectivity index (χ0) is 19.5. The lowest BCUT2D eigenvalue weighted by atomic mass is 9.73. The van der Waals surface area contributed by atoms with Gasteiger partial charge in [-0.05, 0) is 31.5 Å². The third-order valence-corrected chi connectivity index (χ3v) is 5.61. The second kappa shape index (κ2) is 11.1. The van der Waals surface area contributed by atoms with E-state index in [1.807, 2.05) is 30.3 Å². The first kappa shape index (κ1) is 21.5. The first-order valence-corrected chi connectivity index (χ1v) is 10.1. The van der Waals surface area contributed by atoms with Gasteiger partial charge in [0.05, 0.1) is 6.54 Å². The third kappa shape index (κ3) is 5.34. The molecule has 2 rings (SSSR count). The summed E-state index contributed by atoms with van der Waals surface area (Å²) in [6.07, 6.45) is 5.42. The maximum Gasteiger partial charge on any atom is 0.344 e. The molecule has 1 aromatic carbocycles. The van der Waals surface area contributed by atoms with E-state index in [-0.39, 0.29) is 18.5 Å². The SMILES string of the molecule is CCN(CC)CC#CCOC(=O)C(OC)(c1ccccc1)C1CCCCC1. The predicted molar refractivity (Wildman–Crippen MR) is 108 cm³/mol. The van der Waals surface area contributed by atoms with Gasteiger partial charge in [-0.3, -0.25) is 4.90 Å². The van der Waals surface area contributed by atoms with E-state index in [9.17, 15) is 4.79 Å². The molecule has 0 spiro atoms. The van der Waals surface area contributed by atoms with Crippen molar-refractivity contribution in [3.05, 3.63) is 35.9 Å². The maximum absolute atomic E-state index is 13.2. The van der Waals surface area contributed by atoms with Crippen LogP contribution >= 0.6 is 0 Å². The molecule has 148 valence electrons. The smallest absolute Gasteiger partial charge is 0.344 e. The summed E-state index contributed by atoms with van der Waals surface area (Å²) in [6.45, 7) is 6.96. The summed E-state index contributed by atoms with van der Waals surface area (Å²) in [7, 11) is 1.62. The second-order valence-corrected chi connectivity index (χ2v) is 7.03. The fraction of sp³-hybridized carbons (Fsp3) is 0.609. The number of methoxy groups -OCH3 is 1. The molecular weight excluding hydrogens is 338 g/mol. The Morgan fingerprint density at radius 1 is 1.11 bits per heavy atom. The molecule has 0 N–H and O–H groups in total. The van der Waals surface area contributed by atoms with E-state index in [0.29, 0.717) is 6.54 Å². The highest BCUT2D eigenvalue weighted by Gasteiger charge is 2.49. The van der Waals surface area contributed by atoms with Crippen LogP contribution in [0.25, 0.3) is 0 Å². The summed E-state index contributed by atoms with van der Waals surface area (Å²) in [4.78, 5) is 15.4. The Balaban J connectivity index is 2.13. The van der Waals surface area contributed by atoms with Gasteiger partial charge in [-0.25, -0.2) is 4.79 Å². The standard InChI is InChI=1S/C23H33NO3/c1-4-24(5-2)18-12-13-19-27-22(25)23(26-3,20-14-8-6-9-15-20)21-16-10-7-11-17-21/h6,8-9,14-15,21H,4-5,7,10-11,16-19H2,1-3H3. The molecule has 1 unspecified atom stereocenters. The molecule has 0 bridgehead atoms. The van der Waals surface area contributed by atoms with Crippen molar-refractivity contribution in [2.24, 2.45) is 5.92 Å². The van der Waals surface area contributed by atoms with Gasteiger partial charge in [0.2, 0.25) is 0 Å². The minimum atomic E-state index is -1.04. The largest absolute Gasteiger partial charge is 0.450 e. The Morgan fingerprint density at radius 2 is 1.78 bits per heavy atom. The van der Waals surface area contributed by atoms with Crippen molar-refractivity contribution in [1.82, 2.24) is 4.90 Å². The highest BCUT2D eigenvalue weighted by atomic mass is 16.6. The molecule has 0 radical (unpaired) electrons. The molecule has 1 atom stereocenters. The highest BCUT2D eigenvalue weighted by Crippen LogP contribution is 2.42. The predicted octanol–water partition coefficient (Wildman–Crippen LogP) is 4.00. The van der Waals surface area contributed by atoms with Gasteiger partial charge >= 0.3 is 5.97 Å². The van der Waals surface area contributed by atoms with Crippen LogP contribution in [0.15, 0.2) is 30.3 Å². The van der Waals surface area contributed by atoms with E-state index in [4.69, 9.17) is 9.47 Å². The fourth-order valence-electron chi connectivity index (χ4n) is 3.96. The van der Waals surface area contributed by atoms with Gasteiger partial charge in [0.15, 0.2) is 12.2 Å². The topological polar surface area (TPSA) is 38.8 Å². The lowest BCUT2D eigenvalue weighted by Gasteiger charge is -2.39. The molecule has 0 aromatic heterocycles. The molecule has 27 heavy (non-hydrogen) atoms. The third-order valence-electron chi connectivity index (χ3n) is 5.61. The zero-order valence-electron chi connectivity index (χ0n) is 17.0. The number of ether oxygens (including phenoxy) is 2. The van der Waals surface area contributed by atoms with Crippen LogP contribution in [-0.4, -0.2) is 44.2 Å². The average Bonchev–Trinajstić information content (AvgIpc) is 2.73. The van der Waals surface area contributed by atoms with E-state index in [1.54, 1.807) is 7.11 Å². The molecule has 1 aromatic rings. The Morgan fingerprint density at radius 3 is 2.37 bits per heavy atom. The van der Waals surface area contributed by atoms with E-state index in [2.05, 4.69) is 30.6 Å². The lowest BCUT2D eigenvalue weighted by Crippen LogP contribution is -2.47. The van der Waals surface area contributed by atoms with Gasteiger partial charge in [-0.1, -0.05) is 75.3 Å². The van der Waals surface area contributed by atoms with Gasteiger partial charge in [-0.15, -0.1) is 0 Å². The van der Waals surface area contributed by atoms with Crippen molar-refractivity contribution < 1.29 is 14.3 Å². The molecule has 0 amide bonds. The fourth-order valence-corrected chi connectivity index (χ4v) is 3.96. The summed E-state index contributed by atoms with van der Waals surface area (Å²) in [5, 5.41) is 0. The van der Waals surface area contributed by atoms with Crippen LogP contribution in [0.3, 0.4) is 0 Å². The second-order valence-electron chi connectivity index (χ2n) is 7.03. The first-order chi connectivity index (χ1) is 13.2. The number of carbonyl (C=O) groups excluding carboxylic acids is 1. The molecule has 4 heteroatoms. The van der Waals surface area contributed by atoms with Crippen LogP contribution in [-0.2, 0) is 19.9 Å². The minimum Gasteiger partial charge on any atom is -0.450 e. The summed E-state index contributed by atoms with van der Waals surface area (Å²) in [6, 6.07) is 9.78. The van der Waals surface area contributed by atoms with E-state index in [0.717, 1.165) is 44.3 Å². The molecule has 1 aliphatic carbocycles. The van der Waals surface area contributed by atoms with Gasteiger partial charge in [0.1, 0.15) is 0 Å². The van der Waals surface area contributed by atoms with Crippen LogP contribution in [0, 0.1) is 17.8 Å². The normalized spacial score (nSPS) is 17.0. The number of nitrogens with zero attached hydrogens (tertiary/aromatic N) is 1. The average molecular weight is 372 g/mol. The molecular formula is C23H33NO3. The van der Waals surface area contributed by atoms with Crippen molar-refractivity contribution in [3.63, 3.8) is 0 Å². The Hall–Kier alpha value is -1.83. The monoisotopic (exact) mass is 371 g/mol. The quantitative estimate of drug-likeness (QED) is 0.511.